The molecule has 0 saturated heterocycles. The molecule has 4 rings (SSSR count). The summed E-state index contributed by atoms with van der Waals surface area (Å²) in [5, 5.41) is 0.775. The zero-order valence-corrected chi connectivity index (χ0v) is 17.4. The first kappa shape index (κ1) is 19.8. The van der Waals surface area contributed by atoms with Gasteiger partial charge in [0, 0.05) is 47.7 Å². The zero-order valence-electron chi connectivity index (χ0n) is 17.4. The molecule has 4 nitrogen and oxygen atoms in total. The zero-order chi connectivity index (χ0) is 20.9. The minimum Gasteiger partial charge on any atom is -0.372 e. The Bertz CT molecular complexity index is 1150. The molecule has 2 aromatic heterocycles. The molecule has 4 aromatic rings. The first-order chi connectivity index (χ1) is 14.7. The molecule has 4 heteroatoms. The normalized spacial score (nSPS) is 10.9. The molecule has 0 amide bonds. The Kier molecular flexibility index (Phi) is 5.84. The van der Waals surface area contributed by atoms with Gasteiger partial charge in [-0.15, -0.1) is 0 Å². The van der Waals surface area contributed by atoms with Gasteiger partial charge in [0.25, 0.3) is 0 Å². The van der Waals surface area contributed by atoms with Gasteiger partial charge < -0.3 is 4.90 Å². The van der Waals surface area contributed by atoms with E-state index in [9.17, 15) is 4.79 Å². The molecule has 2 heterocycles. The summed E-state index contributed by atoms with van der Waals surface area (Å²) in [6.45, 7) is 6.48. The summed E-state index contributed by atoms with van der Waals surface area (Å²) in [5.41, 5.74) is 6.75. The van der Waals surface area contributed by atoms with Crippen LogP contribution in [0.25, 0.3) is 33.3 Å². The molecular weight excluding hydrogens is 370 g/mol. The molecule has 30 heavy (non-hydrogen) atoms. The second-order valence-corrected chi connectivity index (χ2v) is 7.31. The summed E-state index contributed by atoms with van der Waals surface area (Å²) < 4.78 is 0. The van der Waals surface area contributed by atoms with E-state index in [2.05, 4.69) is 72.3 Å². The van der Waals surface area contributed by atoms with Crippen molar-refractivity contribution in [1.82, 2.24) is 9.97 Å². The van der Waals surface area contributed by atoms with E-state index in [0.717, 1.165) is 53.5 Å². The van der Waals surface area contributed by atoms with Crippen molar-refractivity contribution in [2.45, 2.75) is 20.3 Å². The predicted octanol–water partition coefficient (Wildman–Crippen LogP) is 6.01. The molecule has 150 valence electrons. The summed E-state index contributed by atoms with van der Waals surface area (Å²) >= 11 is 0. The molecule has 0 aliphatic heterocycles. The van der Waals surface area contributed by atoms with Crippen LogP contribution in [-0.2, 0) is 0 Å². The molecule has 0 unspecified atom stereocenters. The summed E-state index contributed by atoms with van der Waals surface area (Å²) in [5.74, 6) is 0. The standard InChI is InChI=1S/C26H25N3O/c1-3-15-29(4-2)23-11-9-20(10-12-23)19-5-7-21(8-6-19)26-16-22(18-30)24-17-27-14-13-25(24)28-26/h5-14,16-18H,3-4,15H2,1-2H3. The molecule has 0 fully saturated rings. The lowest BCUT2D eigenvalue weighted by Crippen LogP contribution is -2.23. The predicted molar refractivity (Wildman–Crippen MR) is 124 cm³/mol. The van der Waals surface area contributed by atoms with Crippen LogP contribution >= 0.6 is 0 Å². The van der Waals surface area contributed by atoms with Crippen molar-refractivity contribution < 1.29 is 4.79 Å². The fraction of sp³-hybridized carbons (Fsp3) is 0.192. The van der Waals surface area contributed by atoms with Crippen LogP contribution in [0.1, 0.15) is 30.6 Å². The van der Waals surface area contributed by atoms with Crippen molar-refractivity contribution in [2.75, 3.05) is 18.0 Å². The molecule has 0 atom stereocenters. The Labute approximate surface area is 177 Å². The van der Waals surface area contributed by atoms with Crippen molar-refractivity contribution in [2.24, 2.45) is 0 Å². The number of pyridine rings is 2. The van der Waals surface area contributed by atoms with Gasteiger partial charge >= 0.3 is 0 Å². The van der Waals surface area contributed by atoms with Crippen LogP contribution in [0.15, 0.2) is 73.1 Å². The van der Waals surface area contributed by atoms with Crippen molar-refractivity contribution in [1.29, 1.82) is 0 Å². The Morgan fingerprint density at radius 1 is 0.900 bits per heavy atom. The second kappa shape index (κ2) is 8.87. The van der Waals surface area contributed by atoms with E-state index in [1.807, 2.05) is 12.1 Å². The molecule has 0 saturated carbocycles. The van der Waals surface area contributed by atoms with Gasteiger partial charge in [0.15, 0.2) is 6.29 Å². The van der Waals surface area contributed by atoms with E-state index >= 15 is 0 Å². The second-order valence-electron chi connectivity index (χ2n) is 7.31. The number of fused-ring (bicyclic) bond motifs is 1. The van der Waals surface area contributed by atoms with E-state index in [4.69, 9.17) is 4.98 Å². The Morgan fingerprint density at radius 3 is 2.20 bits per heavy atom. The summed E-state index contributed by atoms with van der Waals surface area (Å²) in [4.78, 5) is 22.7. The van der Waals surface area contributed by atoms with Crippen molar-refractivity contribution in [3.63, 3.8) is 0 Å². The Hall–Kier alpha value is -3.53. The van der Waals surface area contributed by atoms with E-state index in [-0.39, 0.29) is 0 Å². The van der Waals surface area contributed by atoms with Crippen LogP contribution in [0.4, 0.5) is 5.69 Å². The maximum Gasteiger partial charge on any atom is 0.150 e. The van der Waals surface area contributed by atoms with Gasteiger partial charge in [-0.25, -0.2) is 4.98 Å². The summed E-state index contributed by atoms with van der Waals surface area (Å²) in [6.07, 6.45) is 5.38. The van der Waals surface area contributed by atoms with Crippen LogP contribution in [0.3, 0.4) is 0 Å². The highest BCUT2D eigenvalue weighted by atomic mass is 16.1. The lowest BCUT2D eigenvalue weighted by Gasteiger charge is -2.22. The molecular formula is C26H25N3O. The topological polar surface area (TPSA) is 46.1 Å². The number of nitrogens with zero attached hydrogens (tertiary/aromatic N) is 3. The van der Waals surface area contributed by atoms with E-state index in [1.165, 1.54) is 11.3 Å². The number of benzene rings is 2. The molecule has 0 radical (unpaired) electrons. The first-order valence-electron chi connectivity index (χ1n) is 10.4. The van der Waals surface area contributed by atoms with Crippen LogP contribution in [0, 0.1) is 0 Å². The quantitative estimate of drug-likeness (QED) is 0.359. The number of aldehydes is 1. The molecule has 0 bridgehead atoms. The first-order valence-corrected chi connectivity index (χ1v) is 10.4. The number of aromatic nitrogens is 2. The van der Waals surface area contributed by atoms with Crippen LogP contribution in [0.2, 0.25) is 0 Å². The van der Waals surface area contributed by atoms with Crippen molar-refractivity contribution >= 4 is 22.9 Å². The maximum absolute atomic E-state index is 11.5. The largest absolute Gasteiger partial charge is 0.372 e. The molecule has 0 spiro atoms. The molecule has 0 aliphatic rings. The van der Waals surface area contributed by atoms with Gasteiger partial charge in [-0.2, -0.15) is 0 Å². The summed E-state index contributed by atoms with van der Waals surface area (Å²) in [6, 6.07) is 20.7. The lowest BCUT2D eigenvalue weighted by atomic mass is 10.0. The van der Waals surface area contributed by atoms with Gasteiger partial charge in [0.05, 0.1) is 11.2 Å². The number of anilines is 1. The van der Waals surface area contributed by atoms with Gasteiger partial charge in [0.2, 0.25) is 0 Å². The molecule has 2 aromatic carbocycles. The van der Waals surface area contributed by atoms with Gasteiger partial charge in [0.1, 0.15) is 0 Å². The number of carbonyl (C=O) groups excluding carboxylic acids is 1. The highest BCUT2D eigenvalue weighted by Gasteiger charge is 2.08. The molecule has 0 N–H and O–H groups in total. The third-order valence-electron chi connectivity index (χ3n) is 5.39. The maximum atomic E-state index is 11.5. The monoisotopic (exact) mass is 395 g/mol. The average Bonchev–Trinajstić information content (AvgIpc) is 2.82. The van der Waals surface area contributed by atoms with Crippen LogP contribution in [0.5, 0.6) is 0 Å². The third kappa shape index (κ3) is 3.94. The van der Waals surface area contributed by atoms with Crippen molar-refractivity contribution in [3.8, 4) is 22.4 Å². The number of rotatable bonds is 7. The highest BCUT2D eigenvalue weighted by Crippen LogP contribution is 2.28. The lowest BCUT2D eigenvalue weighted by molar-refractivity contribution is 0.112. The smallest absolute Gasteiger partial charge is 0.150 e. The van der Waals surface area contributed by atoms with Gasteiger partial charge in [-0.1, -0.05) is 43.3 Å². The Balaban J connectivity index is 1.62. The minimum atomic E-state index is 0.607. The SMILES string of the molecule is CCCN(CC)c1ccc(-c2ccc(-c3cc(C=O)c4cnccc4n3)cc2)cc1. The number of hydrogen-bond acceptors (Lipinski definition) is 4. The highest BCUT2D eigenvalue weighted by molar-refractivity contribution is 5.97. The third-order valence-corrected chi connectivity index (χ3v) is 5.39. The van der Waals surface area contributed by atoms with Crippen LogP contribution < -0.4 is 4.90 Å². The summed E-state index contributed by atoms with van der Waals surface area (Å²) in [7, 11) is 0. The average molecular weight is 396 g/mol. The van der Waals surface area contributed by atoms with Gasteiger partial charge in [-0.3, -0.25) is 9.78 Å². The molecule has 0 aliphatic carbocycles. The van der Waals surface area contributed by atoms with Crippen molar-refractivity contribution in [3.05, 3.63) is 78.6 Å². The van der Waals surface area contributed by atoms with E-state index in [1.54, 1.807) is 12.4 Å². The van der Waals surface area contributed by atoms with Crippen LogP contribution in [-0.4, -0.2) is 29.3 Å². The minimum absolute atomic E-state index is 0.607. The fourth-order valence-electron chi connectivity index (χ4n) is 3.78. The van der Waals surface area contributed by atoms with E-state index < -0.39 is 0 Å². The fourth-order valence-corrected chi connectivity index (χ4v) is 3.78. The Morgan fingerprint density at radius 2 is 1.57 bits per heavy atom. The van der Waals surface area contributed by atoms with E-state index in [0.29, 0.717) is 5.56 Å². The number of carbonyl (C=O) groups is 1. The van der Waals surface area contributed by atoms with Gasteiger partial charge in [-0.05, 0) is 48.7 Å². The number of hydrogen-bond donors (Lipinski definition) is 0.